The lowest BCUT2D eigenvalue weighted by molar-refractivity contribution is -0.384. The summed E-state index contributed by atoms with van der Waals surface area (Å²) in [7, 11) is 3.63. The lowest BCUT2D eigenvalue weighted by Crippen LogP contribution is -2.22. The van der Waals surface area contributed by atoms with E-state index in [1.807, 2.05) is 24.9 Å². The zero-order chi connectivity index (χ0) is 13.5. The summed E-state index contributed by atoms with van der Waals surface area (Å²) in [5, 5.41) is 13.8. The van der Waals surface area contributed by atoms with Crippen LogP contribution in [0.1, 0.15) is 6.92 Å². The fourth-order valence-electron chi connectivity index (χ4n) is 1.54. The zero-order valence-electron chi connectivity index (χ0n) is 11.0. The van der Waals surface area contributed by atoms with Crippen LogP contribution in [0.25, 0.3) is 0 Å². The number of benzene rings is 1. The Morgan fingerprint density at radius 1 is 1.44 bits per heavy atom. The number of hydrogen-bond donors (Lipinski definition) is 1. The fraction of sp³-hybridized carbons (Fsp3) is 0.500. The number of nitro benzene ring substituents is 1. The minimum Gasteiger partial charge on any atom is -0.388 e. The van der Waals surface area contributed by atoms with E-state index in [4.69, 9.17) is 4.74 Å². The van der Waals surface area contributed by atoms with E-state index in [0.29, 0.717) is 19.8 Å². The third-order valence-electron chi connectivity index (χ3n) is 2.62. The summed E-state index contributed by atoms with van der Waals surface area (Å²) in [5.74, 6) is 0. The molecule has 0 aliphatic carbocycles. The molecular weight excluding hydrogens is 234 g/mol. The first-order chi connectivity index (χ1) is 8.58. The van der Waals surface area contributed by atoms with Gasteiger partial charge in [0, 0.05) is 50.8 Å². The number of nitro groups is 1. The Kier molecular flexibility index (Phi) is 5.38. The second kappa shape index (κ2) is 6.80. The first-order valence-electron chi connectivity index (χ1n) is 5.84. The summed E-state index contributed by atoms with van der Waals surface area (Å²) in [6.45, 7) is 3.90. The smallest absolute Gasteiger partial charge is 0.273 e. The molecule has 1 N–H and O–H groups in total. The highest BCUT2D eigenvalue weighted by Crippen LogP contribution is 2.26. The van der Waals surface area contributed by atoms with Gasteiger partial charge in [-0.05, 0) is 13.0 Å². The van der Waals surface area contributed by atoms with Gasteiger partial charge in [0.15, 0.2) is 0 Å². The molecule has 0 aliphatic rings. The number of ether oxygens (including phenoxy) is 1. The highest BCUT2D eigenvalue weighted by Gasteiger charge is 2.11. The Morgan fingerprint density at radius 3 is 2.72 bits per heavy atom. The molecule has 0 heterocycles. The Hall–Kier alpha value is -1.82. The maximum absolute atomic E-state index is 10.8. The Labute approximate surface area is 107 Å². The summed E-state index contributed by atoms with van der Waals surface area (Å²) >= 11 is 0. The van der Waals surface area contributed by atoms with Crippen molar-refractivity contribution in [3.63, 3.8) is 0 Å². The summed E-state index contributed by atoms with van der Waals surface area (Å²) < 4.78 is 5.27. The van der Waals surface area contributed by atoms with Crippen molar-refractivity contribution < 1.29 is 9.66 Å². The summed E-state index contributed by atoms with van der Waals surface area (Å²) in [6, 6.07) is 4.95. The van der Waals surface area contributed by atoms with Crippen LogP contribution in [0.4, 0.5) is 17.1 Å². The van der Waals surface area contributed by atoms with E-state index in [0.717, 1.165) is 11.4 Å². The highest BCUT2D eigenvalue weighted by atomic mass is 16.6. The fourth-order valence-corrected chi connectivity index (χ4v) is 1.54. The standard InChI is InChI=1S/C12H19N3O3/c1-4-18-6-5-14(3)11-7-10(13-2)8-12(9-11)15(16)17/h7-9,13H,4-6H2,1-3H3. The Balaban J connectivity index is 2.86. The van der Waals surface area contributed by atoms with Gasteiger partial charge >= 0.3 is 0 Å². The highest BCUT2D eigenvalue weighted by molar-refractivity contribution is 5.64. The van der Waals surface area contributed by atoms with Gasteiger partial charge in [-0.25, -0.2) is 0 Å². The molecule has 1 aromatic carbocycles. The molecular formula is C12H19N3O3. The van der Waals surface area contributed by atoms with Gasteiger partial charge in [0.25, 0.3) is 5.69 Å². The summed E-state index contributed by atoms with van der Waals surface area (Å²) in [5.41, 5.74) is 1.61. The van der Waals surface area contributed by atoms with E-state index in [9.17, 15) is 10.1 Å². The summed E-state index contributed by atoms with van der Waals surface area (Å²) in [6.07, 6.45) is 0. The lowest BCUT2D eigenvalue weighted by Gasteiger charge is -2.19. The molecule has 0 amide bonds. The first-order valence-corrected chi connectivity index (χ1v) is 5.84. The van der Waals surface area contributed by atoms with Crippen LogP contribution in [0.2, 0.25) is 0 Å². The molecule has 1 rings (SSSR count). The predicted octanol–water partition coefficient (Wildman–Crippen LogP) is 2.11. The molecule has 6 heteroatoms. The number of nitrogens with one attached hydrogen (secondary N) is 1. The summed E-state index contributed by atoms with van der Waals surface area (Å²) in [4.78, 5) is 12.4. The second-order valence-electron chi connectivity index (χ2n) is 3.86. The van der Waals surface area contributed by atoms with Crippen molar-refractivity contribution >= 4 is 17.1 Å². The molecule has 0 radical (unpaired) electrons. The maximum atomic E-state index is 10.8. The molecule has 100 valence electrons. The van der Waals surface area contributed by atoms with Gasteiger partial charge in [-0.2, -0.15) is 0 Å². The number of anilines is 2. The molecule has 0 bridgehead atoms. The molecule has 1 aromatic rings. The van der Waals surface area contributed by atoms with Crippen molar-refractivity contribution in [3.8, 4) is 0 Å². The topological polar surface area (TPSA) is 67.6 Å². The van der Waals surface area contributed by atoms with Crippen molar-refractivity contribution in [1.29, 1.82) is 0 Å². The molecule has 0 unspecified atom stereocenters. The van der Waals surface area contributed by atoms with Crippen LogP contribution in [0.15, 0.2) is 18.2 Å². The SMILES string of the molecule is CCOCCN(C)c1cc(NC)cc([N+](=O)[O-])c1. The van der Waals surface area contributed by atoms with Crippen LogP contribution in [0.5, 0.6) is 0 Å². The van der Waals surface area contributed by atoms with Crippen LogP contribution in [-0.2, 0) is 4.74 Å². The molecule has 0 fully saturated rings. The molecule has 0 saturated carbocycles. The molecule has 0 aromatic heterocycles. The van der Waals surface area contributed by atoms with Crippen LogP contribution < -0.4 is 10.2 Å². The van der Waals surface area contributed by atoms with Crippen LogP contribution in [-0.4, -0.2) is 38.8 Å². The van der Waals surface area contributed by atoms with E-state index >= 15 is 0 Å². The number of non-ortho nitro benzene ring substituents is 1. The normalized spacial score (nSPS) is 10.2. The minimum absolute atomic E-state index is 0.0834. The zero-order valence-corrected chi connectivity index (χ0v) is 11.0. The van der Waals surface area contributed by atoms with Gasteiger partial charge in [0.2, 0.25) is 0 Å². The average Bonchev–Trinajstić information content (AvgIpc) is 2.38. The average molecular weight is 253 g/mol. The van der Waals surface area contributed by atoms with E-state index < -0.39 is 0 Å². The van der Waals surface area contributed by atoms with E-state index in [1.54, 1.807) is 13.1 Å². The van der Waals surface area contributed by atoms with Crippen LogP contribution in [0.3, 0.4) is 0 Å². The third kappa shape index (κ3) is 3.89. The first kappa shape index (κ1) is 14.2. The van der Waals surface area contributed by atoms with Gasteiger partial charge in [-0.3, -0.25) is 10.1 Å². The van der Waals surface area contributed by atoms with Crippen LogP contribution >= 0.6 is 0 Å². The van der Waals surface area contributed by atoms with Gasteiger partial charge in [-0.15, -0.1) is 0 Å². The van der Waals surface area contributed by atoms with Crippen molar-refractivity contribution in [1.82, 2.24) is 0 Å². The quantitative estimate of drug-likeness (QED) is 0.458. The van der Waals surface area contributed by atoms with E-state index in [2.05, 4.69) is 5.32 Å². The van der Waals surface area contributed by atoms with Crippen molar-refractivity contribution in [2.75, 3.05) is 44.1 Å². The second-order valence-corrected chi connectivity index (χ2v) is 3.86. The van der Waals surface area contributed by atoms with Crippen LogP contribution in [0, 0.1) is 10.1 Å². The monoisotopic (exact) mass is 253 g/mol. The van der Waals surface area contributed by atoms with Crippen molar-refractivity contribution in [2.45, 2.75) is 6.92 Å². The van der Waals surface area contributed by atoms with Crippen molar-refractivity contribution in [2.24, 2.45) is 0 Å². The minimum atomic E-state index is -0.388. The molecule has 0 aliphatic heterocycles. The molecule has 6 nitrogen and oxygen atoms in total. The molecule has 0 saturated heterocycles. The lowest BCUT2D eigenvalue weighted by atomic mass is 10.2. The number of likely N-dealkylation sites (N-methyl/N-ethyl adjacent to an activating group) is 1. The van der Waals surface area contributed by atoms with Crippen molar-refractivity contribution in [3.05, 3.63) is 28.3 Å². The number of nitrogens with zero attached hydrogens (tertiary/aromatic N) is 2. The number of rotatable bonds is 7. The number of hydrogen-bond acceptors (Lipinski definition) is 5. The van der Waals surface area contributed by atoms with E-state index in [1.165, 1.54) is 6.07 Å². The molecule has 18 heavy (non-hydrogen) atoms. The van der Waals surface area contributed by atoms with Gasteiger partial charge < -0.3 is 15.0 Å². The maximum Gasteiger partial charge on any atom is 0.273 e. The van der Waals surface area contributed by atoms with E-state index in [-0.39, 0.29) is 10.6 Å². The molecule has 0 atom stereocenters. The van der Waals surface area contributed by atoms with Gasteiger partial charge in [0.1, 0.15) is 0 Å². The molecule has 0 spiro atoms. The Morgan fingerprint density at radius 2 is 2.17 bits per heavy atom. The Bertz CT molecular complexity index is 410. The van der Waals surface area contributed by atoms with Gasteiger partial charge in [0.05, 0.1) is 11.5 Å². The predicted molar refractivity (Wildman–Crippen MR) is 72.4 cm³/mol. The van der Waals surface area contributed by atoms with Gasteiger partial charge in [-0.1, -0.05) is 0 Å². The third-order valence-corrected chi connectivity index (χ3v) is 2.62. The largest absolute Gasteiger partial charge is 0.388 e.